The van der Waals surface area contributed by atoms with Crippen LogP contribution in [0.1, 0.15) is 40.2 Å². The lowest BCUT2D eigenvalue weighted by Crippen LogP contribution is -2.39. The van der Waals surface area contributed by atoms with Gasteiger partial charge in [-0.2, -0.15) is 9.07 Å². The number of aryl methyl sites for hydroxylation is 1. The van der Waals surface area contributed by atoms with Crippen molar-refractivity contribution >= 4 is 16.5 Å². The summed E-state index contributed by atoms with van der Waals surface area (Å²) in [5.74, 6) is 0.875. The zero-order chi connectivity index (χ0) is 29.9. The first-order valence-electron chi connectivity index (χ1n) is 13.9. The summed E-state index contributed by atoms with van der Waals surface area (Å²) in [4.78, 5) is 17.6. The number of aromatic nitrogens is 5. The molecule has 2 atom stereocenters. The first-order chi connectivity index (χ1) is 21.5. The van der Waals surface area contributed by atoms with Crippen LogP contribution < -0.4 is 20.4 Å². The van der Waals surface area contributed by atoms with E-state index >= 15 is 0 Å². The normalized spacial score (nSPS) is 16.9. The van der Waals surface area contributed by atoms with E-state index in [9.17, 15) is 9.18 Å². The Morgan fingerprint density at radius 3 is 2.52 bits per heavy atom. The number of para-hydroxylation sites is 1. The fourth-order valence-corrected chi connectivity index (χ4v) is 5.92. The predicted molar refractivity (Wildman–Crippen MR) is 158 cm³/mol. The van der Waals surface area contributed by atoms with Gasteiger partial charge in [-0.1, -0.05) is 48.5 Å². The lowest BCUT2D eigenvalue weighted by atomic mass is 9.81. The summed E-state index contributed by atoms with van der Waals surface area (Å²) in [7, 11) is 1.61. The van der Waals surface area contributed by atoms with Crippen molar-refractivity contribution in [3.05, 3.63) is 135 Å². The second-order valence-corrected chi connectivity index (χ2v) is 10.6. The highest BCUT2D eigenvalue weighted by atomic mass is 19.1. The smallest absolute Gasteiger partial charge is 0.344 e. The van der Waals surface area contributed by atoms with Crippen LogP contribution in [0, 0.1) is 12.9 Å². The number of hydrogen-bond acceptors (Lipinski definition) is 9. The van der Waals surface area contributed by atoms with Crippen LogP contribution in [0.25, 0.3) is 27.7 Å². The van der Waals surface area contributed by atoms with E-state index in [0.717, 1.165) is 28.0 Å². The van der Waals surface area contributed by atoms with E-state index in [0.29, 0.717) is 45.1 Å². The van der Waals surface area contributed by atoms with Gasteiger partial charge in [0.2, 0.25) is 11.8 Å². The van der Waals surface area contributed by atoms with E-state index in [-0.39, 0.29) is 0 Å². The van der Waals surface area contributed by atoms with Gasteiger partial charge in [-0.15, -0.1) is 5.10 Å². The number of ether oxygens (including phenoxy) is 2. The lowest BCUT2D eigenvalue weighted by molar-refractivity contribution is 0.305. The van der Waals surface area contributed by atoms with Crippen LogP contribution in [0.4, 0.5) is 4.39 Å². The monoisotopic (exact) mass is 586 g/mol. The predicted octanol–water partition coefficient (Wildman–Crippen LogP) is 5.34. The molecule has 8 rings (SSSR count). The van der Waals surface area contributed by atoms with Gasteiger partial charge >= 0.3 is 5.63 Å². The number of nitrogens with zero attached hydrogens (tertiary/aromatic N) is 5. The van der Waals surface area contributed by atoms with Crippen LogP contribution in [0.3, 0.4) is 0 Å². The molecule has 0 saturated carbocycles. The standard InChI is InChI=1S/C33H23FN6O4/c1-17-15-21(16-35-29(17)34)18-7-9-19(10-8-18)25-26-28(23-5-3-4-6-24(23)43-33(26)41)44-32-27(25)31-37-38-39-40(31)30(36-32)20-11-13-22(42-2)14-12-20/h3-16,25,30,36H,1-2H3. The van der Waals surface area contributed by atoms with Gasteiger partial charge in [-0.05, 0) is 64.4 Å². The molecular formula is C33H23FN6O4. The van der Waals surface area contributed by atoms with Crippen molar-refractivity contribution in [2.45, 2.75) is 19.0 Å². The maximum Gasteiger partial charge on any atom is 0.344 e. The quantitative estimate of drug-likeness (QED) is 0.216. The number of tetrazole rings is 1. The molecular weight excluding hydrogens is 563 g/mol. The third-order valence-electron chi connectivity index (χ3n) is 8.09. The van der Waals surface area contributed by atoms with E-state index in [1.807, 2.05) is 60.7 Å². The minimum Gasteiger partial charge on any atom is -0.497 e. The molecule has 3 aromatic carbocycles. The summed E-state index contributed by atoms with van der Waals surface area (Å²) in [5, 5.41) is 16.9. The van der Waals surface area contributed by atoms with Gasteiger partial charge in [0.15, 0.2) is 17.7 Å². The van der Waals surface area contributed by atoms with Crippen molar-refractivity contribution in [1.29, 1.82) is 0 Å². The summed E-state index contributed by atoms with van der Waals surface area (Å²) in [6.07, 6.45) is 1.01. The van der Waals surface area contributed by atoms with Crippen molar-refractivity contribution in [3.8, 4) is 22.6 Å². The molecule has 3 aromatic heterocycles. The first kappa shape index (κ1) is 25.8. The van der Waals surface area contributed by atoms with Gasteiger partial charge < -0.3 is 19.2 Å². The van der Waals surface area contributed by atoms with Gasteiger partial charge in [-0.3, -0.25) is 0 Å². The number of hydrogen-bond donors (Lipinski definition) is 1. The summed E-state index contributed by atoms with van der Waals surface area (Å²) in [6, 6.07) is 24.3. The number of allylic oxidation sites excluding steroid dienone is 1. The van der Waals surface area contributed by atoms with Crippen LogP contribution in [-0.2, 0) is 0 Å². The van der Waals surface area contributed by atoms with Crippen LogP contribution in [-0.4, -0.2) is 32.3 Å². The SMILES string of the molecule is COc1ccc(C2NC3=C(c4nnnn42)C(c2ccc(-c4cnc(F)c(C)c4)cc2)c2c(c4ccccc4oc2=O)O3)cc1. The molecule has 0 saturated heterocycles. The molecule has 216 valence electrons. The average Bonchev–Trinajstić information content (AvgIpc) is 3.55. The lowest BCUT2D eigenvalue weighted by Gasteiger charge is -2.36. The molecule has 1 N–H and O–H groups in total. The molecule has 0 spiro atoms. The molecule has 0 radical (unpaired) electrons. The second-order valence-electron chi connectivity index (χ2n) is 10.6. The highest BCUT2D eigenvalue weighted by Crippen LogP contribution is 2.49. The minimum absolute atomic E-state index is 0.341. The van der Waals surface area contributed by atoms with Gasteiger partial charge in [0.05, 0.1) is 29.6 Å². The molecule has 2 unspecified atom stereocenters. The third-order valence-corrected chi connectivity index (χ3v) is 8.09. The molecule has 0 aliphatic carbocycles. The number of methoxy groups -OCH3 is 1. The Morgan fingerprint density at radius 2 is 1.75 bits per heavy atom. The maximum absolute atomic E-state index is 13.8. The number of halogens is 1. The molecule has 5 heterocycles. The number of rotatable bonds is 4. The van der Waals surface area contributed by atoms with Crippen LogP contribution in [0.2, 0.25) is 0 Å². The Kier molecular flexibility index (Phi) is 5.80. The minimum atomic E-state index is -0.634. The number of fused-ring (bicyclic) bond motifs is 5. The first-order valence-corrected chi connectivity index (χ1v) is 13.9. The van der Waals surface area contributed by atoms with Gasteiger partial charge in [0.25, 0.3) is 0 Å². The summed E-state index contributed by atoms with van der Waals surface area (Å²) >= 11 is 0. The van der Waals surface area contributed by atoms with E-state index in [1.54, 1.807) is 36.9 Å². The van der Waals surface area contributed by atoms with Crippen molar-refractivity contribution in [1.82, 2.24) is 30.5 Å². The zero-order valence-electron chi connectivity index (χ0n) is 23.5. The van der Waals surface area contributed by atoms with E-state index in [1.165, 1.54) is 6.20 Å². The Balaban J connectivity index is 1.31. The maximum atomic E-state index is 13.8. The molecule has 11 heteroatoms. The largest absolute Gasteiger partial charge is 0.497 e. The van der Waals surface area contributed by atoms with Crippen molar-refractivity contribution in [2.24, 2.45) is 0 Å². The van der Waals surface area contributed by atoms with Crippen molar-refractivity contribution in [2.75, 3.05) is 7.11 Å². The van der Waals surface area contributed by atoms with Crippen molar-refractivity contribution < 1.29 is 18.3 Å². The van der Waals surface area contributed by atoms with Gasteiger partial charge in [-0.25, -0.2) is 9.78 Å². The molecule has 0 amide bonds. The molecule has 0 bridgehead atoms. The number of pyridine rings is 1. The van der Waals surface area contributed by atoms with Gasteiger partial charge in [0.1, 0.15) is 11.3 Å². The topological polar surface area (TPSA) is 117 Å². The van der Waals surface area contributed by atoms with Crippen LogP contribution >= 0.6 is 0 Å². The van der Waals surface area contributed by atoms with Crippen LogP contribution in [0.5, 0.6) is 11.5 Å². The highest BCUT2D eigenvalue weighted by Gasteiger charge is 2.43. The fraction of sp³-hybridized carbons (Fsp3) is 0.121. The summed E-state index contributed by atoms with van der Waals surface area (Å²) in [6.45, 7) is 1.68. The van der Waals surface area contributed by atoms with E-state index in [2.05, 4.69) is 25.8 Å². The Bertz CT molecular complexity index is 2170. The fourth-order valence-electron chi connectivity index (χ4n) is 5.92. The van der Waals surface area contributed by atoms with Gasteiger partial charge in [0, 0.05) is 17.3 Å². The molecule has 2 aliphatic heterocycles. The second kappa shape index (κ2) is 9.87. The molecule has 6 aromatic rings. The molecule has 10 nitrogen and oxygen atoms in total. The number of nitrogens with one attached hydrogen (secondary N) is 1. The summed E-state index contributed by atoms with van der Waals surface area (Å²) < 4.78 is 33.2. The van der Waals surface area contributed by atoms with E-state index < -0.39 is 23.7 Å². The van der Waals surface area contributed by atoms with E-state index in [4.69, 9.17) is 13.9 Å². The zero-order valence-corrected chi connectivity index (χ0v) is 23.5. The molecule has 2 aliphatic rings. The Morgan fingerprint density at radius 1 is 0.977 bits per heavy atom. The molecule has 0 fully saturated rings. The van der Waals surface area contributed by atoms with Crippen molar-refractivity contribution in [3.63, 3.8) is 0 Å². The number of benzene rings is 3. The highest BCUT2D eigenvalue weighted by molar-refractivity contribution is 5.89. The average molecular weight is 587 g/mol. The molecule has 44 heavy (non-hydrogen) atoms. The summed E-state index contributed by atoms with van der Waals surface area (Å²) in [5.41, 5.74) is 4.59. The Labute approximate surface area is 249 Å². The Hall–Kier alpha value is -5.84. The van der Waals surface area contributed by atoms with Crippen LogP contribution in [0.15, 0.2) is 100 Å². The third kappa shape index (κ3) is 3.97.